The molecule has 2 fully saturated rings. The van der Waals surface area contributed by atoms with Gasteiger partial charge in [-0.25, -0.2) is 0 Å². The molecule has 2 rings (SSSR count). The summed E-state index contributed by atoms with van der Waals surface area (Å²) in [6, 6.07) is 0.284. The van der Waals surface area contributed by atoms with Crippen molar-refractivity contribution in [2.45, 2.75) is 19.9 Å². The zero-order valence-corrected chi connectivity index (χ0v) is 8.86. The fourth-order valence-electron chi connectivity index (χ4n) is 2.19. The van der Waals surface area contributed by atoms with Crippen LogP contribution in [-0.2, 0) is 4.79 Å². The third-order valence-electron chi connectivity index (χ3n) is 2.83. The van der Waals surface area contributed by atoms with E-state index in [-0.39, 0.29) is 24.4 Å². The quantitative estimate of drug-likeness (QED) is 0.684. The standard InChI is InChI=1S/C9H16N2O.ClH/c1-5(2)11-9(12)8-6-3-10-4-7(6)8;/h5-8,10H,3-4H2,1-2H3,(H,11,12);1H/t6-,7+,8?;. The van der Waals surface area contributed by atoms with E-state index in [9.17, 15) is 4.79 Å². The van der Waals surface area contributed by atoms with Gasteiger partial charge in [-0.15, -0.1) is 12.4 Å². The van der Waals surface area contributed by atoms with Crippen molar-refractivity contribution >= 4 is 18.3 Å². The number of carbonyl (C=O) groups is 1. The molecule has 0 spiro atoms. The molecule has 1 unspecified atom stereocenters. The molecule has 1 saturated carbocycles. The molecular weight excluding hydrogens is 188 g/mol. The summed E-state index contributed by atoms with van der Waals surface area (Å²) in [4.78, 5) is 11.5. The van der Waals surface area contributed by atoms with Gasteiger partial charge in [-0.2, -0.15) is 0 Å². The van der Waals surface area contributed by atoms with Gasteiger partial charge in [0.2, 0.25) is 5.91 Å². The number of carbonyl (C=O) groups excluding carboxylic acids is 1. The molecule has 13 heavy (non-hydrogen) atoms. The molecule has 0 aromatic rings. The summed E-state index contributed by atoms with van der Waals surface area (Å²) in [6.45, 7) is 6.10. The topological polar surface area (TPSA) is 41.1 Å². The Morgan fingerprint density at radius 2 is 1.92 bits per heavy atom. The first-order valence-electron chi connectivity index (χ1n) is 4.71. The maximum absolute atomic E-state index is 11.5. The molecule has 3 atom stereocenters. The lowest BCUT2D eigenvalue weighted by atomic mass is 10.2. The van der Waals surface area contributed by atoms with Gasteiger partial charge in [0.05, 0.1) is 0 Å². The van der Waals surface area contributed by atoms with Crippen LogP contribution in [-0.4, -0.2) is 25.0 Å². The van der Waals surface area contributed by atoms with E-state index in [0.717, 1.165) is 13.1 Å². The summed E-state index contributed by atoms with van der Waals surface area (Å²) in [5.74, 6) is 1.88. The lowest BCUT2D eigenvalue weighted by Gasteiger charge is -2.09. The minimum absolute atomic E-state index is 0. The Kier molecular flexibility index (Phi) is 3.19. The highest BCUT2D eigenvalue weighted by Crippen LogP contribution is 2.48. The summed E-state index contributed by atoms with van der Waals surface area (Å²) < 4.78 is 0. The first kappa shape index (κ1) is 10.8. The fraction of sp³-hybridized carbons (Fsp3) is 0.889. The molecule has 76 valence electrons. The van der Waals surface area contributed by atoms with Gasteiger partial charge in [0.15, 0.2) is 0 Å². The molecule has 1 saturated heterocycles. The van der Waals surface area contributed by atoms with E-state index in [1.54, 1.807) is 0 Å². The number of fused-ring (bicyclic) bond motifs is 1. The van der Waals surface area contributed by atoms with Crippen LogP contribution in [0, 0.1) is 17.8 Å². The summed E-state index contributed by atoms with van der Waals surface area (Å²) in [6.07, 6.45) is 0. The van der Waals surface area contributed by atoms with Gasteiger partial charge >= 0.3 is 0 Å². The third kappa shape index (κ3) is 1.97. The zero-order valence-electron chi connectivity index (χ0n) is 8.04. The maximum atomic E-state index is 11.5. The van der Waals surface area contributed by atoms with Gasteiger partial charge in [-0.05, 0) is 38.8 Å². The minimum atomic E-state index is 0. The van der Waals surface area contributed by atoms with E-state index in [2.05, 4.69) is 10.6 Å². The van der Waals surface area contributed by atoms with E-state index in [1.165, 1.54) is 0 Å². The molecule has 0 radical (unpaired) electrons. The first-order valence-corrected chi connectivity index (χ1v) is 4.71. The Bertz CT molecular complexity index is 198. The molecule has 1 aliphatic carbocycles. The third-order valence-corrected chi connectivity index (χ3v) is 2.83. The Morgan fingerprint density at radius 1 is 1.38 bits per heavy atom. The van der Waals surface area contributed by atoms with Crippen LogP contribution in [0.5, 0.6) is 0 Å². The van der Waals surface area contributed by atoms with Crippen molar-refractivity contribution in [2.75, 3.05) is 13.1 Å². The molecule has 3 nitrogen and oxygen atoms in total. The van der Waals surface area contributed by atoms with Crippen molar-refractivity contribution in [3.63, 3.8) is 0 Å². The van der Waals surface area contributed by atoms with E-state index in [0.29, 0.717) is 17.8 Å². The van der Waals surface area contributed by atoms with E-state index < -0.39 is 0 Å². The predicted octanol–water partition coefficient (Wildman–Crippen LogP) is 0.398. The smallest absolute Gasteiger partial charge is 0.223 e. The number of rotatable bonds is 2. The van der Waals surface area contributed by atoms with Gasteiger partial charge < -0.3 is 10.6 Å². The van der Waals surface area contributed by atoms with Crippen LogP contribution in [0.4, 0.5) is 0 Å². The van der Waals surface area contributed by atoms with Gasteiger partial charge in [0.1, 0.15) is 0 Å². The van der Waals surface area contributed by atoms with Crippen LogP contribution in [0.2, 0.25) is 0 Å². The van der Waals surface area contributed by atoms with Crippen LogP contribution in [0.15, 0.2) is 0 Å². The average Bonchev–Trinajstić information content (AvgIpc) is 2.45. The highest BCUT2D eigenvalue weighted by molar-refractivity contribution is 5.85. The molecule has 4 heteroatoms. The highest BCUT2D eigenvalue weighted by atomic mass is 35.5. The normalized spacial score (nSPS) is 35.2. The summed E-state index contributed by atoms with van der Waals surface area (Å²) in [5, 5.41) is 6.25. The maximum Gasteiger partial charge on any atom is 0.223 e. The molecule has 0 bridgehead atoms. The van der Waals surface area contributed by atoms with Crippen LogP contribution >= 0.6 is 12.4 Å². The van der Waals surface area contributed by atoms with Crippen molar-refractivity contribution < 1.29 is 4.79 Å². The number of piperidine rings is 1. The molecule has 0 aromatic carbocycles. The number of amides is 1. The first-order chi connectivity index (χ1) is 5.70. The Hall–Kier alpha value is -0.280. The van der Waals surface area contributed by atoms with Crippen LogP contribution in [0.3, 0.4) is 0 Å². The van der Waals surface area contributed by atoms with E-state index >= 15 is 0 Å². The van der Waals surface area contributed by atoms with Crippen molar-refractivity contribution in [3.8, 4) is 0 Å². The van der Waals surface area contributed by atoms with Gasteiger partial charge in [-0.1, -0.05) is 0 Å². The monoisotopic (exact) mass is 204 g/mol. The van der Waals surface area contributed by atoms with Gasteiger partial charge in [0.25, 0.3) is 0 Å². The summed E-state index contributed by atoms with van der Waals surface area (Å²) in [7, 11) is 0. The van der Waals surface area contributed by atoms with E-state index in [1.807, 2.05) is 13.8 Å². The molecule has 2 aliphatic rings. The zero-order chi connectivity index (χ0) is 8.72. The van der Waals surface area contributed by atoms with E-state index in [4.69, 9.17) is 0 Å². The highest BCUT2D eigenvalue weighted by Gasteiger charge is 2.56. The second kappa shape index (κ2) is 3.84. The average molecular weight is 205 g/mol. The second-order valence-electron chi connectivity index (χ2n) is 4.18. The van der Waals surface area contributed by atoms with Crippen LogP contribution in [0.25, 0.3) is 0 Å². The Labute approximate surface area is 85.1 Å². The Morgan fingerprint density at radius 3 is 2.38 bits per heavy atom. The predicted molar refractivity (Wildman–Crippen MR) is 53.9 cm³/mol. The molecule has 1 heterocycles. The van der Waals surface area contributed by atoms with Crippen molar-refractivity contribution in [1.29, 1.82) is 0 Å². The minimum Gasteiger partial charge on any atom is -0.354 e. The lowest BCUT2D eigenvalue weighted by molar-refractivity contribution is -0.123. The molecule has 1 amide bonds. The van der Waals surface area contributed by atoms with Crippen molar-refractivity contribution in [1.82, 2.24) is 10.6 Å². The molecule has 0 aromatic heterocycles. The van der Waals surface area contributed by atoms with Gasteiger partial charge in [0, 0.05) is 12.0 Å². The van der Waals surface area contributed by atoms with Crippen LogP contribution in [0.1, 0.15) is 13.8 Å². The SMILES string of the molecule is CC(C)NC(=O)C1[C@H]2CNC[C@@H]12.Cl. The van der Waals surface area contributed by atoms with Crippen molar-refractivity contribution in [2.24, 2.45) is 17.8 Å². The van der Waals surface area contributed by atoms with Crippen LogP contribution < -0.4 is 10.6 Å². The Balaban J connectivity index is 0.000000845. The number of hydrogen-bond acceptors (Lipinski definition) is 2. The summed E-state index contributed by atoms with van der Waals surface area (Å²) >= 11 is 0. The molecule has 2 N–H and O–H groups in total. The lowest BCUT2D eigenvalue weighted by Crippen LogP contribution is -2.34. The number of nitrogens with one attached hydrogen (secondary N) is 2. The van der Waals surface area contributed by atoms with Crippen molar-refractivity contribution in [3.05, 3.63) is 0 Å². The largest absolute Gasteiger partial charge is 0.354 e. The number of hydrogen-bond donors (Lipinski definition) is 2. The second-order valence-corrected chi connectivity index (χ2v) is 4.18. The summed E-state index contributed by atoms with van der Waals surface area (Å²) in [5.41, 5.74) is 0. The fourth-order valence-corrected chi connectivity index (χ4v) is 2.19. The number of halogens is 1. The molecule has 1 aliphatic heterocycles. The molecular formula is C9H17ClN2O. The van der Waals surface area contributed by atoms with Gasteiger partial charge in [-0.3, -0.25) is 4.79 Å².